The van der Waals surface area contributed by atoms with Gasteiger partial charge in [-0.2, -0.15) is 0 Å². The monoisotopic (exact) mass is 194 g/mol. The van der Waals surface area contributed by atoms with Gasteiger partial charge < -0.3 is 10.6 Å². The Kier molecular flexibility index (Phi) is 2.68. The molecule has 0 saturated carbocycles. The normalized spacial score (nSPS) is 21.6. The average molecular weight is 194 g/mol. The van der Waals surface area contributed by atoms with Crippen LogP contribution in [0.4, 0.5) is 10.1 Å². The molecule has 2 rings (SSSR count). The van der Waals surface area contributed by atoms with Gasteiger partial charge in [0.2, 0.25) is 0 Å². The fourth-order valence-electron chi connectivity index (χ4n) is 1.79. The highest BCUT2D eigenvalue weighted by atomic mass is 19.1. The number of benzene rings is 1. The third-order valence-corrected chi connectivity index (χ3v) is 2.67. The Hall–Kier alpha value is -1.09. The standard InChI is InChI=1S/C11H15FN2/c12-10-5-6-14(8-10)11-3-1-9(7-13)2-4-11/h1-4,10H,5-8,13H2. The number of hydrogen-bond acceptors (Lipinski definition) is 2. The van der Waals surface area contributed by atoms with Crippen molar-refractivity contribution in [3.8, 4) is 0 Å². The molecule has 1 aromatic rings. The first-order chi connectivity index (χ1) is 6.79. The molecule has 2 N–H and O–H groups in total. The molecule has 0 aromatic heterocycles. The number of nitrogens with two attached hydrogens (primary N) is 1. The minimum Gasteiger partial charge on any atom is -0.369 e. The molecule has 1 saturated heterocycles. The molecule has 14 heavy (non-hydrogen) atoms. The number of rotatable bonds is 2. The molecule has 1 unspecified atom stereocenters. The van der Waals surface area contributed by atoms with Crippen LogP contribution in [-0.2, 0) is 6.54 Å². The predicted octanol–water partition coefficient (Wildman–Crippen LogP) is 1.69. The summed E-state index contributed by atoms with van der Waals surface area (Å²) in [6, 6.07) is 8.03. The first-order valence-electron chi connectivity index (χ1n) is 4.97. The van der Waals surface area contributed by atoms with Gasteiger partial charge in [0.25, 0.3) is 0 Å². The summed E-state index contributed by atoms with van der Waals surface area (Å²) in [6.07, 6.45) is -0.0114. The summed E-state index contributed by atoms with van der Waals surface area (Å²) < 4.78 is 12.9. The van der Waals surface area contributed by atoms with Crippen molar-refractivity contribution in [3.05, 3.63) is 29.8 Å². The highest BCUT2D eigenvalue weighted by molar-refractivity contribution is 5.48. The summed E-state index contributed by atoms with van der Waals surface area (Å²) >= 11 is 0. The summed E-state index contributed by atoms with van der Waals surface area (Å²) in [5.74, 6) is 0. The third kappa shape index (κ3) is 1.87. The summed E-state index contributed by atoms with van der Waals surface area (Å²) in [4.78, 5) is 2.07. The second kappa shape index (κ2) is 3.96. The second-order valence-electron chi connectivity index (χ2n) is 3.70. The van der Waals surface area contributed by atoms with Crippen LogP contribution < -0.4 is 10.6 Å². The highest BCUT2D eigenvalue weighted by Crippen LogP contribution is 2.21. The number of halogens is 1. The zero-order chi connectivity index (χ0) is 9.97. The van der Waals surface area contributed by atoms with Gasteiger partial charge >= 0.3 is 0 Å². The van der Waals surface area contributed by atoms with E-state index in [4.69, 9.17) is 5.73 Å². The van der Waals surface area contributed by atoms with E-state index in [-0.39, 0.29) is 0 Å². The Morgan fingerprint density at radius 3 is 2.57 bits per heavy atom. The predicted molar refractivity (Wildman–Crippen MR) is 56.1 cm³/mol. The molecule has 0 bridgehead atoms. The number of nitrogens with zero attached hydrogens (tertiary/aromatic N) is 1. The van der Waals surface area contributed by atoms with E-state index in [1.54, 1.807) is 0 Å². The number of anilines is 1. The largest absolute Gasteiger partial charge is 0.369 e. The molecule has 2 nitrogen and oxygen atoms in total. The van der Waals surface area contributed by atoms with Crippen LogP contribution in [0.1, 0.15) is 12.0 Å². The van der Waals surface area contributed by atoms with Gasteiger partial charge in [-0.15, -0.1) is 0 Å². The van der Waals surface area contributed by atoms with E-state index in [1.807, 2.05) is 24.3 Å². The van der Waals surface area contributed by atoms with Crippen molar-refractivity contribution in [2.75, 3.05) is 18.0 Å². The first kappa shape index (κ1) is 9.46. The molecule has 0 spiro atoms. The maximum absolute atomic E-state index is 12.9. The minimum atomic E-state index is -0.663. The van der Waals surface area contributed by atoms with Gasteiger partial charge in [-0.25, -0.2) is 4.39 Å². The van der Waals surface area contributed by atoms with Crippen LogP contribution in [0.15, 0.2) is 24.3 Å². The molecule has 1 fully saturated rings. The number of alkyl halides is 1. The molecule has 0 radical (unpaired) electrons. The van der Waals surface area contributed by atoms with Crippen molar-refractivity contribution in [3.63, 3.8) is 0 Å². The van der Waals surface area contributed by atoms with Crippen LogP contribution in [0.3, 0.4) is 0 Å². The Labute approximate surface area is 83.5 Å². The summed E-state index contributed by atoms with van der Waals surface area (Å²) in [5.41, 5.74) is 7.72. The van der Waals surface area contributed by atoms with E-state index in [0.29, 0.717) is 19.5 Å². The Morgan fingerprint density at radius 2 is 2.07 bits per heavy atom. The van der Waals surface area contributed by atoms with Crippen LogP contribution in [0, 0.1) is 0 Å². The molecular formula is C11H15FN2. The van der Waals surface area contributed by atoms with E-state index < -0.39 is 6.17 Å². The van der Waals surface area contributed by atoms with E-state index in [9.17, 15) is 4.39 Å². The molecule has 1 aliphatic heterocycles. The maximum atomic E-state index is 12.9. The first-order valence-corrected chi connectivity index (χ1v) is 4.97. The topological polar surface area (TPSA) is 29.3 Å². The molecule has 76 valence electrons. The quantitative estimate of drug-likeness (QED) is 0.776. The van der Waals surface area contributed by atoms with Crippen LogP contribution in [0.2, 0.25) is 0 Å². The van der Waals surface area contributed by atoms with Crippen LogP contribution in [0.5, 0.6) is 0 Å². The fourth-order valence-corrected chi connectivity index (χ4v) is 1.79. The van der Waals surface area contributed by atoms with Gasteiger partial charge in [0.15, 0.2) is 0 Å². The maximum Gasteiger partial charge on any atom is 0.119 e. The zero-order valence-electron chi connectivity index (χ0n) is 8.12. The van der Waals surface area contributed by atoms with Gasteiger partial charge in [0, 0.05) is 25.3 Å². The van der Waals surface area contributed by atoms with Crippen molar-refractivity contribution < 1.29 is 4.39 Å². The summed E-state index contributed by atoms with van der Waals surface area (Å²) in [5, 5.41) is 0. The van der Waals surface area contributed by atoms with Gasteiger partial charge in [-0.05, 0) is 24.1 Å². The fraction of sp³-hybridized carbons (Fsp3) is 0.455. The van der Waals surface area contributed by atoms with Gasteiger partial charge in [0.05, 0.1) is 0 Å². The summed E-state index contributed by atoms with van der Waals surface area (Å²) in [6.45, 7) is 1.91. The smallest absolute Gasteiger partial charge is 0.119 e. The highest BCUT2D eigenvalue weighted by Gasteiger charge is 2.21. The van der Waals surface area contributed by atoms with Crippen molar-refractivity contribution in [2.24, 2.45) is 5.73 Å². The zero-order valence-corrected chi connectivity index (χ0v) is 8.12. The van der Waals surface area contributed by atoms with Gasteiger partial charge in [0.1, 0.15) is 6.17 Å². The lowest BCUT2D eigenvalue weighted by atomic mass is 10.2. The van der Waals surface area contributed by atoms with E-state index in [1.165, 1.54) is 0 Å². The van der Waals surface area contributed by atoms with E-state index in [2.05, 4.69) is 4.90 Å². The molecule has 1 heterocycles. The molecule has 3 heteroatoms. The van der Waals surface area contributed by atoms with Gasteiger partial charge in [-0.1, -0.05) is 12.1 Å². The third-order valence-electron chi connectivity index (χ3n) is 2.67. The van der Waals surface area contributed by atoms with E-state index in [0.717, 1.165) is 17.8 Å². The van der Waals surface area contributed by atoms with E-state index >= 15 is 0 Å². The van der Waals surface area contributed by atoms with Gasteiger partial charge in [-0.3, -0.25) is 0 Å². The summed E-state index contributed by atoms with van der Waals surface area (Å²) in [7, 11) is 0. The average Bonchev–Trinajstić information content (AvgIpc) is 2.65. The molecule has 1 atom stereocenters. The second-order valence-corrected chi connectivity index (χ2v) is 3.70. The van der Waals surface area contributed by atoms with Crippen molar-refractivity contribution in [2.45, 2.75) is 19.1 Å². The Morgan fingerprint density at radius 1 is 1.36 bits per heavy atom. The molecule has 0 amide bonds. The molecule has 0 aliphatic carbocycles. The lowest BCUT2D eigenvalue weighted by molar-refractivity contribution is 0.364. The Balaban J connectivity index is 2.09. The van der Waals surface area contributed by atoms with Crippen LogP contribution in [-0.4, -0.2) is 19.3 Å². The molecule has 1 aliphatic rings. The van der Waals surface area contributed by atoms with Crippen LogP contribution in [0.25, 0.3) is 0 Å². The minimum absolute atomic E-state index is 0.530. The van der Waals surface area contributed by atoms with Crippen molar-refractivity contribution in [1.29, 1.82) is 0 Å². The van der Waals surface area contributed by atoms with Crippen LogP contribution >= 0.6 is 0 Å². The lowest BCUT2D eigenvalue weighted by Gasteiger charge is -2.17. The van der Waals surface area contributed by atoms with Crippen molar-refractivity contribution in [1.82, 2.24) is 0 Å². The Bertz CT molecular complexity index is 297. The van der Waals surface area contributed by atoms with Crippen molar-refractivity contribution >= 4 is 5.69 Å². The SMILES string of the molecule is NCc1ccc(N2CCC(F)C2)cc1. The molecular weight excluding hydrogens is 179 g/mol. The molecule has 1 aromatic carbocycles. The lowest BCUT2D eigenvalue weighted by Crippen LogP contribution is -2.19. The number of hydrogen-bond donors (Lipinski definition) is 1.